The molecule has 0 unspecified atom stereocenters. The Hall–Kier alpha value is -2.81. The molecule has 1 N–H and O–H groups in total. The number of sulfonamides is 1. The molecule has 0 amide bonds. The monoisotopic (exact) mass is 395 g/mol. The number of hydrogen-bond donors (Lipinski definition) is 1. The van der Waals surface area contributed by atoms with E-state index in [-0.39, 0.29) is 10.7 Å². The van der Waals surface area contributed by atoms with E-state index in [4.69, 9.17) is 0 Å². The van der Waals surface area contributed by atoms with Gasteiger partial charge < -0.3 is 0 Å². The lowest BCUT2D eigenvalue weighted by molar-refractivity contribution is -0.137. The van der Waals surface area contributed by atoms with Gasteiger partial charge in [0.25, 0.3) is 10.0 Å². The molecule has 0 aliphatic carbocycles. The highest BCUT2D eigenvalue weighted by atomic mass is 32.2. The van der Waals surface area contributed by atoms with Crippen molar-refractivity contribution in [3.05, 3.63) is 71.4 Å². The average Bonchev–Trinajstić information content (AvgIpc) is 3.03. The Morgan fingerprint density at radius 1 is 1.00 bits per heavy atom. The topological polar surface area (TPSA) is 64.0 Å². The van der Waals surface area contributed by atoms with Gasteiger partial charge in [-0.2, -0.15) is 18.3 Å². The highest BCUT2D eigenvalue weighted by molar-refractivity contribution is 7.92. The second kappa shape index (κ2) is 6.73. The minimum Gasteiger partial charge on any atom is -0.263 e. The van der Waals surface area contributed by atoms with E-state index in [0.29, 0.717) is 5.69 Å². The second-order valence-electron chi connectivity index (χ2n) is 6.05. The lowest BCUT2D eigenvalue weighted by atomic mass is 10.1. The number of benzene rings is 2. The molecule has 0 radical (unpaired) electrons. The van der Waals surface area contributed by atoms with E-state index < -0.39 is 21.8 Å². The van der Waals surface area contributed by atoms with E-state index in [0.717, 1.165) is 35.4 Å². The smallest absolute Gasteiger partial charge is 0.263 e. The molecular weight excluding hydrogens is 379 g/mol. The molecule has 142 valence electrons. The maximum Gasteiger partial charge on any atom is 0.416 e. The van der Waals surface area contributed by atoms with Crippen molar-refractivity contribution in [2.45, 2.75) is 24.9 Å². The van der Waals surface area contributed by atoms with E-state index in [1.54, 1.807) is 0 Å². The molecule has 2 aromatic carbocycles. The minimum atomic E-state index is -4.53. The number of nitrogens with one attached hydrogen (secondary N) is 1. The van der Waals surface area contributed by atoms with Crippen LogP contribution < -0.4 is 4.72 Å². The molecule has 0 saturated heterocycles. The van der Waals surface area contributed by atoms with Crippen molar-refractivity contribution in [1.29, 1.82) is 0 Å². The van der Waals surface area contributed by atoms with Gasteiger partial charge in [0.05, 0.1) is 22.3 Å². The molecule has 1 heterocycles. The first-order chi connectivity index (χ1) is 12.6. The lowest BCUT2D eigenvalue weighted by Gasteiger charge is -2.13. The molecule has 5 nitrogen and oxygen atoms in total. The van der Waals surface area contributed by atoms with Crippen LogP contribution in [0.1, 0.15) is 16.7 Å². The number of alkyl halides is 3. The fourth-order valence-electron chi connectivity index (χ4n) is 2.54. The summed E-state index contributed by atoms with van der Waals surface area (Å²) in [5.74, 6) is 0.184. The van der Waals surface area contributed by atoms with Crippen LogP contribution in [0.25, 0.3) is 5.69 Å². The van der Waals surface area contributed by atoms with E-state index in [1.165, 1.54) is 16.9 Å². The van der Waals surface area contributed by atoms with Crippen LogP contribution in [0.5, 0.6) is 0 Å². The summed E-state index contributed by atoms with van der Waals surface area (Å²) in [5, 5.41) is 4.15. The van der Waals surface area contributed by atoms with Crippen molar-refractivity contribution in [3.8, 4) is 5.69 Å². The van der Waals surface area contributed by atoms with E-state index in [1.807, 2.05) is 32.0 Å². The SMILES string of the molecule is Cc1ccc(C)c(-n2nccc2NS(=O)(=O)c2ccc(C(F)(F)F)cc2)c1. The predicted octanol–water partition coefficient (Wildman–Crippen LogP) is 4.31. The summed E-state index contributed by atoms with van der Waals surface area (Å²) in [4.78, 5) is -0.274. The Morgan fingerprint density at radius 3 is 2.30 bits per heavy atom. The standard InChI is InChI=1S/C18H16F3N3O2S/c1-12-3-4-13(2)16(11-12)24-17(9-10-22-24)23-27(25,26)15-7-5-14(6-8-15)18(19,20)21/h3-11,23H,1-2H3. The van der Waals surface area contributed by atoms with Crippen LogP contribution in [0.15, 0.2) is 59.6 Å². The Kier molecular flexibility index (Phi) is 4.73. The van der Waals surface area contributed by atoms with Gasteiger partial charge in [-0.3, -0.25) is 4.72 Å². The Labute approximate surface area is 154 Å². The van der Waals surface area contributed by atoms with Crippen LogP contribution in [0.2, 0.25) is 0 Å². The van der Waals surface area contributed by atoms with Crippen molar-refractivity contribution in [2.24, 2.45) is 0 Å². The molecule has 3 rings (SSSR count). The normalized spacial score (nSPS) is 12.2. The highest BCUT2D eigenvalue weighted by Gasteiger charge is 2.30. The van der Waals surface area contributed by atoms with Crippen LogP contribution in [-0.4, -0.2) is 18.2 Å². The molecule has 9 heteroatoms. The zero-order valence-corrected chi connectivity index (χ0v) is 15.3. The first kappa shape index (κ1) is 19.0. The lowest BCUT2D eigenvalue weighted by Crippen LogP contribution is -2.16. The van der Waals surface area contributed by atoms with Crippen LogP contribution in [0.3, 0.4) is 0 Å². The van der Waals surface area contributed by atoms with Crippen molar-refractivity contribution < 1.29 is 21.6 Å². The maximum atomic E-state index is 12.7. The Balaban J connectivity index is 1.94. The molecule has 3 aromatic rings. The first-order valence-corrected chi connectivity index (χ1v) is 9.38. The van der Waals surface area contributed by atoms with Crippen LogP contribution in [-0.2, 0) is 16.2 Å². The van der Waals surface area contributed by atoms with Gasteiger partial charge in [0.2, 0.25) is 0 Å². The van der Waals surface area contributed by atoms with E-state index >= 15 is 0 Å². The number of rotatable bonds is 4. The van der Waals surface area contributed by atoms with E-state index in [2.05, 4.69) is 9.82 Å². The fourth-order valence-corrected chi connectivity index (χ4v) is 3.58. The highest BCUT2D eigenvalue weighted by Crippen LogP contribution is 2.30. The average molecular weight is 395 g/mol. The third-order valence-corrected chi connectivity index (χ3v) is 5.34. The fraction of sp³-hybridized carbons (Fsp3) is 0.167. The van der Waals surface area contributed by atoms with Crippen LogP contribution in [0.4, 0.5) is 19.0 Å². The van der Waals surface area contributed by atoms with Gasteiger partial charge in [-0.25, -0.2) is 13.1 Å². The molecule has 27 heavy (non-hydrogen) atoms. The van der Waals surface area contributed by atoms with Gasteiger partial charge in [0.15, 0.2) is 0 Å². The summed E-state index contributed by atoms with van der Waals surface area (Å²) in [6.07, 6.45) is -3.09. The molecule has 0 atom stereocenters. The number of nitrogens with zero attached hydrogens (tertiary/aromatic N) is 2. The summed E-state index contributed by atoms with van der Waals surface area (Å²) in [6, 6.07) is 10.5. The molecule has 0 spiro atoms. The zero-order chi connectivity index (χ0) is 19.8. The summed E-state index contributed by atoms with van der Waals surface area (Å²) in [7, 11) is -4.08. The van der Waals surface area contributed by atoms with Crippen molar-refractivity contribution in [1.82, 2.24) is 9.78 Å². The largest absolute Gasteiger partial charge is 0.416 e. The molecule has 1 aromatic heterocycles. The van der Waals surface area contributed by atoms with Gasteiger partial charge >= 0.3 is 6.18 Å². The van der Waals surface area contributed by atoms with Crippen molar-refractivity contribution >= 4 is 15.8 Å². The van der Waals surface area contributed by atoms with Crippen LogP contribution >= 0.6 is 0 Å². The molecule has 0 aliphatic rings. The van der Waals surface area contributed by atoms with Gasteiger partial charge in [0.1, 0.15) is 5.82 Å². The predicted molar refractivity (Wildman–Crippen MR) is 95.3 cm³/mol. The quantitative estimate of drug-likeness (QED) is 0.716. The number of hydrogen-bond acceptors (Lipinski definition) is 3. The molecule has 0 fully saturated rings. The van der Waals surface area contributed by atoms with Gasteiger partial charge in [0, 0.05) is 6.07 Å². The zero-order valence-electron chi connectivity index (χ0n) is 14.4. The molecule has 0 saturated carbocycles. The number of halogens is 3. The van der Waals surface area contributed by atoms with Crippen molar-refractivity contribution in [2.75, 3.05) is 4.72 Å². The molecule has 0 aliphatic heterocycles. The summed E-state index contributed by atoms with van der Waals surface area (Å²) >= 11 is 0. The number of aryl methyl sites for hydroxylation is 2. The van der Waals surface area contributed by atoms with Crippen molar-refractivity contribution in [3.63, 3.8) is 0 Å². The molecule has 0 bridgehead atoms. The second-order valence-corrected chi connectivity index (χ2v) is 7.73. The third-order valence-electron chi connectivity index (χ3n) is 3.97. The van der Waals surface area contributed by atoms with Gasteiger partial charge in [-0.15, -0.1) is 0 Å². The van der Waals surface area contributed by atoms with E-state index in [9.17, 15) is 21.6 Å². The van der Waals surface area contributed by atoms with Crippen LogP contribution in [0, 0.1) is 13.8 Å². The number of aromatic nitrogens is 2. The summed E-state index contributed by atoms with van der Waals surface area (Å²) < 4.78 is 66.9. The summed E-state index contributed by atoms with van der Waals surface area (Å²) in [5.41, 5.74) is 1.65. The maximum absolute atomic E-state index is 12.7. The van der Waals surface area contributed by atoms with Gasteiger partial charge in [-0.05, 0) is 55.3 Å². The first-order valence-electron chi connectivity index (χ1n) is 7.90. The Morgan fingerprint density at radius 2 is 1.67 bits per heavy atom. The number of anilines is 1. The minimum absolute atomic E-state index is 0.184. The molecular formula is C18H16F3N3O2S. The summed E-state index contributed by atoms with van der Waals surface area (Å²) in [6.45, 7) is 3.77. The van der Waals surface area contributed by atoms with Gasteiger partial charge in [-0.1, -0.05) is 12.1 Å². The Bertz CT molecular complexity index is 1070. The third kappa shape index (κ3) is 3.97.